The molecule has 1 heterocycles. The molecular weight excluding hydrogens is 394 g/mol. The summed E-state index contributed by atoms with van der Waals surface area (Å²) < 4.78 is 3.14. The number of aryl methyl sites for hydroxylation is 2. The fourth-order valence-electron chi connectivity index (χ4n) is 3.08. The van der Waals surface area contributed by atoms with Crippen LogP contribution in [0, 0.1) is 0 Å². The van der Waals surface area contributed by atoms with Crippen LogP contribution in [0.25, 0.3) is 11.0 Å². The van der Waals surface area contributed by atoms with Crippen LogP contribution in [-0.4, -0.2) is 34.0 Å². The van der Waals surface area contributed by atoms with Crippen LogP contribution in [0.4, 0.5) is 5.69 Å². The zero-order valence-electron chi connectivity index (χ0n) is 16.1. The molecule has 29 heavy (non-hydrogen) atoms. The molecule has 0 atom stereocenters. The van der Waals surface area contributed by atoms with Gasteiger partial charge in [0, 0.05) is 33.1 Å². The topological polar surface area (TPSA) is 111 Å². The highest BCUT2D eigenvalue weighted by Gasteiger charge is 2.14. The summed E-state index contributed by atoms with van der Waals surface area (Å²) in [5.41, 5.74) is 7.62. The molecule has 4 N–H and O–H groups in total. The van der Waals surface area contributed by atoms with Gasteiger partial charge in [0.1, 0.15) is 0 Å². The van der Waals surface area contributed by atoms with Crippen LogP contribution in [0.3, 0.4) is 0 Å². The zero-order chi connectivity index (χ0) is 20.1. The van der Waals surface area contributed by atoms with Crippen LogP contribution in [0.2, 0.25) is 0 Å². The number of nitrogens with one attached hydrogen (secondary N) is 2. The van der Waals surface area contributed by atoms with Crippen LogP contribution < -0.4 is 22.1 Å². The predicted molar refractivity (Wildman–Crippen MR) is 116 cm³/mol. The number of nitrogens with two attached hydrogens (primary N) is 1. The smallest absolute Gasteiger partial charge is 0.328 e. The van der Waals surface area contributed by atoms with Gasteiger partial charge in [0.05, 0.1) is 22.3 Å². The van der Waals surface area contributed by atoms with Crippen molar-refractivity contribution in [2.24, 2.45) is 12.8 Å². The van der Waals surface area contributed by atoms with Gasteiger partial charge in [-0.2, -0.15) is 0 Å². The molecule has 0 unspecified atom stereocenters. The van der Waals surface area contributed by atoms with Crippen LogP contribution in [-0.2, 0) is 18.4 Å². The number of anilines is 1. The number of para-hydroxylation sites is 3. The van der Waals surface area contributed by atoms with E-state index in [0.29, 0.717) is 24.3 Å². The summed E-state index contributed by atoms with van der Waals surface area (Å²) in [4.78, 5) is 37.1. The van der Waals surface area contributed by atoms with E-state index in [4.69, 9.17) is 5.73 Å². The Hall–Kier alpha value is -3.10. The highest BCUT2D eigenvalue weighted by molar-refractivity contribution is 6.03. The Bertz CT molecular complexity index is 1070. The second-order valence-electron chi connectivity index (χ2n) is 6.37. The number of fused-ring (bicyclic) bond motifs is 1. The molecule has 0 saturated carbocycles. The normalized spacial score (nSPS) is 10.4. The van der Waals surface area contributed by atoms with Crippen molar-refractivity contribution < 1.29 is 9.59 Å². The summed E-state index contributed by atoms with van der Waals surface area (Å²) in [6.07, 6.45) is 0.104. The Balaban J connectivity index is 0.00000300. The number of amides is 2. The molecule has 9 heteroatoms. The van der Waals surface area contributed by atoms with Crippen molar-refractivity contribution in [2.45, 2.75) is 13.0 Å². The van der Waals surface area contributed by atoms with E-state index in [0.717, 1.165) is 11.0 Å². The van der Waals surface area contributed by atoms with Gasteiger partial charge in [0.2, 0.25) is 5.91 Å². The average molecular weight is 418 g/mol. The first-order valence-electron chi connectivity index (χ1n) is 9.04. The number of nitrogens with zero attached hydrogens (tertiary/aromatic N) is 2. The molecule has 0 aliphatic rings. The van der Waals surface area contributed by atoms with Crippen molar-refractivity contribution >= 4 is 40.9 Å². The summed E-state index contributed by atoms with van der Waals surface area (Å²) in [5, 5.41) is 5.45. The molecule has 0 aliphatic carbocycles. The van der Waals surface area contributed by atoms with Crippen molar-refractivity contribution in [1.82, 2.24) is 14.5 Å². The molecule has 0 spiro atoms. The van der Waals surface area contributed by atoms with Gasteiger partial charge in [-0.1, -0.05) is 24.3 Å². The first-order valence-corrected chi connectivity index (χ1v) is 9.04. The number of aromatic nitrogens is 2. The van der Waals surface area contributed by atoms with E-state index in [1.165, 1.54) is 0 Å². The first-order chi connectivity index (χ1) is 13.5. The lowest BCUT2D eigenvalue weighted by Gasteiger charge is -2.11. The molecule has 0 fully saturated rings. The van der Waals surface area contributed by atoms with E-state index in [2.05, 4.69) is 10.6 Å². The summed E-state index contributed by atoms with van der Waals surface area (Å²) in [6, 6.07) is 14.2. The van der Waals surface area contributed by atoms with E-state index < -0.39 is 0 Å². The monoisotopic (exact) mass is 417 g/mol. The number of hydrogen-bond acceptors (Lipinski definition) is 4. The van der Waals surface area contributed by atoms with E-state index >= 15 is 0 Å². The number of halogens is 1. The highest BCUT2D eigenvalue weighted by atomic mass is 35.5. The number of carbonyl (C=O) groups excluding carboxylic acids is 2. The third kappa shape index (κ3) is 4.85. The molecule has 3 aromatic rings. The second kappa shape index (κ2) is 9.90. The molecular formula is C20H24ClN5O3. The average Bonchev–Trinajstić information content (AvgIpc) is 2.95. The van der Waals surface area contributed by atoms with Crippen LogP contribution in [0.1, 0.15) is 16.8 Å². The van der Waals surface area contributed by atoms with E-state index in [9.17, 15) is 14.4 Å². The third-order valence-corrected chi connectivity index (χ3v) is 4.49. The lowest BCUT2D eigenvalue weighted by Crippen LogP contribution is -2.30. The minimum Gasteiger partial charge on any atom is -0.351 e. The molecule has 0 saturated heterocycles. The summed E-state index contributed by atoms with van der Waals surface area (Å²) in [6.45, 7) is 0.929. The lowest BCUT2D eigenvalue weighted by molar-refractivity contribution is -0.116. The number of carbonyl (C=O) groups is 2. The van der Waals surface area contributed by atoms with E-state index in [-0.39, 0.29) is 42.9 Å². The Kier molecular flexibility index (Phi) is 7.58. The van der Waals surface area contributed by atoms with Crippen molar-refractivity contribution in [3.63, 3.8) is 0 Å². The number of hydrogen-bond donors (Lipinski definition) is 3. The molecule has 1 aromatic heterocycles. The van der Waals surface area contributed by atoms with Crippen molar-refractivity contribution in [1.29, 1.82) is 0 Å². The van der Waals surface area contributed by atoms with Gasteiger partial charge < -0.3 is 16.4 Å². The van der Waals surface area contributed by atoms with Crippen LogP contribution >= 0.6 is 12.4 Å². The van der Waals surface area contributed by atoms with Crippen LogP contribution in [0.5, 0.6) is 0 Å². The Labute approximate surface area is 174 Å². The molecule has 154 valence electrons. The lowest BCUT2D eigenvalue weighted by atomic mass is 10.1. The van der Waals surface area contributed by atoms with E-state index in [1.807, 2.05) is 24.3 Å². The molecule has 8 nitrogen and oxygen atoms in total. The standard InChI is InChI=1S/C20H23N5O3.ClH/c1-24-16-8-4-5-9-17(16)25(20(24)28)13-10-18(26)23-15-7-3-2-6-14(15)19(27)22-12-11-21;/h2-9H,10-13,21H2,1H3,(H,22,27)(H,23,26);1H. The molecule has 2 aromatic carbocycles. The van der Waals surface area contributed by atoms with Gasteiger partial charge in [0.25, 0.3) is 5.91 Å². The van der Waals surface area contributed by atoms with E-state index in [1.54, 1.807) is 40.4 Å². The highest BCUT2D eigenvalue weighted by Crippen LogP contribution is 2.16. The largest absolute Gasteiger partial charge is 0.351 e. The molecule has 0 radical (unpaired) electrons. The van der Waals surface area contributed by atoms with Crippen molar-refractivity contribution in [2.75, 3.05) is 18.4 Å². The number of benzene rings is 2. The maximum Gasteiger partial charge on any atom is 0.328 e. The van der Waals surface area contributed by atoms with Gasteiger partial charge in [-0.25, -0.2) is 4.79 Å². The summed E-state index contributed by atoms with van der Waals surface area (Å²) in [7, 11) is 1.71. The SMILES string of the molecule is Cl.Cn1c(=O)n(CCC(=O)Nc2ccccc2C(=O)NCCN)c2ccccc21. The van der Waals surface area contributed by atoms with Gasteiger partial charge in [-0.3, -0.25) is 18.7 Å². The van der Waals surface area contributed by atoms with Crippen LogP contribution in [0.15, 0.2) is 53.3 Å². The second-order valence-corrected chi connectivity index (χ2v) is 6.37. The number of rotatable bonds is 7. The zero-order valence-corrected chi connectivity index (χ0v) is 16.9. The van der Waals surface area contributed by atoms with Gasteiger partial charge in [-0.15, -0.1) is 12.4 Å². The van der Waals surface area contributed by atoms with Crippen molar-refractivity contribution in [3.05, 3.63) is 64.6 Å². The number of imidazole rings is 1. The maximum absolute atomic E-state index is 12.4. The third-order valence-electron chi connectivity index (χ3n) is 4.49. The summed E-state index contributed by atoms with van der Waals surface area (Å²) in [5.74, 6) is -0.578. The summed E-state index contributed by atoms with van der Waals surface area (Å²) >= 11 is 0. The molecule has 3 rings (SSSR count). The Morgan fingerprint density at radius 1 is 1.03 bits per heavy atom. The Morgan fingerprint density at radius 3 is 2.41 bits per heavy atom. The fraction of sp³-hybridized carbons (Fsp3) is 0.250. The van der Waals surface area contributed by atoms with Crippen molar-refractivity contribution in [3.8, 4) is 0 Å². The predicted octanol–water partition coefficient (Wildman–Crippen LogP) is 1.48. The minimum atomic E-state index is -0.299. The molecule has 2 amide bonds. The van der Waals surface area contributed by atoms with Gasteiger partial charge in [0.15, 0.2) is 0 Å². The maximum atomic E-state index is 12.4. The Morgan fingerprint density at radius 2 is 1.69 bits per heavy atom. The molecule has 0 bridgehead atoms. The quantitative estimate of drug-likeness (QED) is 0.540. The van der Waals surface area contributed by atoms with Gasteiger partial charge >= 0.3 is 5.69 Å². The first kappa shape index (κ1) is 22.2. The van der Waals surface area contributed by atoms with Gasteiger partial charge in [-0.05, 0) is 24.3 Å². The molecule has 0 aliphatic heterocycles. The fourth-order valence-corrected chi connectivity index (χ4v) is 3.08. The minimum absolute atomic E-state index is 0.